The largest absolute Gasteiger partial charge is 0.421 e. The van der Waals surface area contributed by atoms with Crippen LogP contribution in [0.15, 0.2) is 80.3 Å². The molecule has 3 aromatic rings. The number of rotatable bonds is 5. The van der Waals surface area contributed by atoms with E-state index in [9.17, 15) is 19.7 Å². The molecule has 1 heterocycles. The monoisotopic (exact) mass is 604 g/mol. The smallest absolute Gasteiger partial charge is 0.363 e. The molecule has 0 amide bonds. The molecule has 11 heteroatoms. The molecule has 0 unspecified atom stereocenters. The summed E-state index contributed by atoms with van der Waals surface area (Å²) < 4.78 is 11.6. The zero-order valence-electron chi connectivity index (χ0n) is 16.8. The first-order valence-corrected chi connectivity index (χ1v) is 11.4. The lowest BCUT2D eigenvalue weighted by molar-refractivity contribution is -0.384. The van der Waals surface area contributed by atoms with Crippen LogP contribution in [-0.2, 0) is 9.53 Å². The molecule has 4 rings (SSSR count). The van der Waals surface area contributed by atoms with Crippen molar-refractivity contribution in [2.45, 2.75) is 0 Å². The number of nitro groups is 1. The van der Waals surface area contributed by atoms with Crippen molar-refractivity contribution in [1.29, 1.82) is 0 Å². The van der Waals surface area contributed by atoms with Crippen molar-refractivity contribution in [3.05, 3.63) is 107 Å². The SMILES string of the molecule is O=C1OC(c2cccc([N+](=O)[O-])c2)=N/C1=C\c1cc(Br)c(OC(=O)c2ccc(Cl)cc2)c(Br)c1. The average molecular weight is 607 g/mol. The highest BCUT2D eigenvalue weighted by Crippen LogP contribution is 2.36. The van der Waals surface area contributed by atoms with Crippen LogP contribution in [0.5, 0.6) is 5.75 Å². The van der Waals surface area contributed by atoms with Gasteiger partial charge in [-0.1, -0.05) is 17.7 Å². The van der Waals surface area contributed by atoms with Gasteiger partial charge < -0.3 is 9.47 Å². The van der Waals surface area contributed by atoms with Crippen molar-refractivity contribution < 1.29 is 24.0 Å². The van der Waals surface area contributed by atoms with Gasteiger partial charge in [0.05, 0.1) is 19.4 Å². The van der Waals surface area contributed by atoms with E-state index in [0.717, 1.165) is 0 Å². The maximum Gasteiger partial charge on any atom is 0.363 e. The molecule has 0 N–H and O–H groups in total. The second kappa shape index (κ2) is 9.88. The van der Waals surface area contributed by atoms with Gasteiger partial charge in [0.1, 0.15) is 0 Å². The van der Waals surface area contributed by atoms with Crippen LogP contribution in [0.1, 0.15) is 21.5 Å². The van der Waals surface area contributed by atoms with Crippen LogP contribution in [-0.4, -0.2) is 22.8 Å². The first-order valence-electron chi connectivity index (χ1n) is 9.45. The quantitative estimate of drug-likeness (QED) is 0.110. The van der Waals surface area contributed by atoms with Crippen LogP contribution in [0.2, 0.25) is 5.02 Å². The van der Waals surface area contributed by atoms with Crippen molar-refractivity contribution in [1.82, 2.24) is 0 Å². The lowest BCUT2D eigenvalue weighted by atomic mass is 10.2. The van der Waals surface area contributed by atoms with Crippen LogP contribution in [0.25, 0.3) is 6.08 Å². The van der Waals surface area contributed by atoms with E-state index >= 15 is 0 Å². The molecule has 0 saturated heterocycles. The van der Waals surface area contributed by atoms with E-state index in [-0.39, 0.29) is 23.0 Å². The van der Waals surface area contributed by atoms with E-state index in [1.807, 2.05) is 0 Å². The summed E-state index contributed by atoms with van der Waals surface area (Å²) in [6.07, 6.45) is 1.48. The summed E-state index contributed by atoms with van der Waals surface area (Å²) in [5, 5.41) is 11.5. The Morgan fingerprint density at radius 2 is 1.76 bits per heavy atom. The third-order valence-corrected chi connectivity index (χ3v) is 5.95. The van der Waals surface area contributed by atoms with Gasteiger partial charge in [0.25, 0.3) is 5.69 Å². The molecule has 1 aliphatic heterocycles. The van der Waals surface area contributed by atoms with Gasteiger partial charge in [-0.2, -0.15) is 0 Å². The third-order valence-electron chi connectivity index (χ3n) is 4.52. The van der Waals surface area contributed by atoms with Crippen molar-refractivity contribution in [3.63, 3.8) is 0 Å². The topological polar surface area (TPSA) is 108 Å². The normalized spacial score (nSPS) is 14.0. The maximum atomic E-state index is 12.4. The molecular formula is C23H11Br2ClN2O6. The predicted molar refractivity (Wildman–Crippen MR) is 132 cm³/mol. The minimum Gasteiger partial charge on any atom is -0.421 e. The fourth-order valence-electron chi connectivity index (χ4n) is 2.94. The summed E-state index contributed by atoms with van der Waals surface area (Å²) in [6, 6.07) is 15.2. The summed E-state index contributed by atoms with van der Waals surface area (Å²) >= 11 is 12.6. The number of cyclic esters (lactones) is 1. The predicted octanol–water partition coefficient (Wildman–Crippen LogP) is 6.34. The number of ether oxygens (including phenoxy) is 2. The Kier molecular flexibility index (Phi) is 6.92. The van der Waals surface area contributed by atoms with E-state index < -0.39 is 16.9 Å². The fourth-order valence-corrected chi connectivity index (χ4v) is 4.45. The van der Waals surface area contributed by atoms with Crippen molar-refractivity contribution in [2.24, 2.45) is 4.99 Å². The van der Waals surface area contributed by atoms with Gasteiger partial charge in [-0.25, -0.2) is 14.6 Å². The van der Waals surface area contributed by atoms with Crippen LogP contribution in [0.4, 0.5) is 5.69 Å². The number of esters is 2. The number of aliphatic imine (C=N–C) groups is 1. The molecule has 1 aliphatic rings. The highest BCUT2D eigenvalue weighted by atomic mass is 79.9. The Morgan fingerprint density at radius 3 is 2.41 bits per heavy atom. The number of halogens is 3. The van der Waals surface area contributed by atoms with Gasteiger partial charge in [0.15, 0.2) is 11.4 Å². The Hall–Kier alpha value is -3.34. The van der Waals surface area contributed by atoms with Crippen LogP contribution in [0.3, 0.4) is 0 Å². The Balaban J connectivity index is 1.59. The van der Waals surface area contributed by atoms with Crippen LogP contribution in [0, 0.1) is 10.1 Å². The number of non-ortho nitro benzene ring substituents is 1. The number of hydrogen-bond donors (Lipinski definition) is 0. The molecule has 34 heavy (non-hydrogen) atoms. The van der Waals surface area contributed by atoms with Gasteiger partial charge >= 0.3 is 11.9 Å². The molecule has 0 fully saturated rings. The van der Waals surface area contributed by atoms with Crippen molar-refractivity contribution in [2.75, 3.05) is 0 Å². The zero-order chi connectivity index (χ0) is 24.4. The second-order valence-electron chi connectivity index (χ2n) is 6.85. The summed E-state index contributed by atoms with van der Waals surface area (Å²) in [6.45, 7) is 0. The number of hydrogen-bond acceptors (Lipinski definition) is 7. The van der Waals surface area contributed by atoms with Crippen LogP contribution < -0.4 is 4.74 Å². The highest BCUT2D eigenvalue weighted by Gasteiger charge is 2.25. The Labute approximate surface area is 214 Å². The molecule has 0 aromatic heterocycles. The van der Waals surface area contributed by atoms with Crippen molar-refractivity contribution in [3.8, 4) is 5.75 Å². The van der Waals surface area contributed by atoms with E-state index in [2.05, 4.69) is 36.9 Å². The molecule has 0 atom stereocenters. The maximum absolute atomic E-state index is 12.4. The molecule has 3 aromatic carbocycles. The molecule has 0 spiro atoms. The summed E-state index contributed by atoms with van der Waals surface area (Å²) in [5.74, 6) is -1.06. The van der Waals surface area contributed by atoms with Gasteiger partial charge in [-0.05, 0) is 86.0 Å². The summed E-state index contributed by atoms with van der Waals surface area (Å²) in [4.78, 5) is 39.3. The molecular weight excluding hydrogens is 596 g/mol. The standard InChI is InChI=1S/C23H11Br2ClN2O6/c24-17-8-12(9-18(25)20(17)33-22(29)13-4-6-15(26)7-5-13)10-19-23(30)34-21(27-19)14-2-1-3-16(11-14)28(31)32/h1-11H/b19-10-. The fraction of sp³-hybridized carbons (Fsp3) is 0. The lowest BCUT2D eigenvalue weighted by Gasteiger charge is -2.10. The molecule has 0 bridgehead atoms. The van der Waals surface area contributed by atoms with E-state index in [1.165, 1.54) is 24.3 Å². The van der Waals surface area contributed by atoms with Gasteiger partial charge in [-0.3, -0.25) is 10.1 Å². The van der Waals surface area contributed by atoms with E-state index in [0.29, 0.717) is 30.7 Å². The van der Waals surface area contributed by atoms with Gasteiger partial charge in [-0.15, -0.1) is 0 Å². The average Bonchev–Trinajstić information content (AvgIpc) is 3.17. The first kappa shape index (κ1) is 23.8. The zero-order valence-corrected chi connectivity index (χ0v) is 20.8. The lowest BCUT2D eigenvalue weighted by Crippen LogP contribution is -2.09. The number of carbonyl (C=O) groups excluding carboxylic acids is 2. The molecule has 0 radical (unpaired) electrons. The summed E-state index contributed by atoms with van der Waals surface area (Å²) in [7, 11) is 0. The van der Waals surface area contributed by atoms with E-state index in [4.69, 9.17) is 21.1 Å². The Bertz CT molecular complexity index is 1380. The third kappa shape index (κ3) is 5.24. The minimum atomic E-state index is -0.702. The number of nitro benzene ring substituents is 1. The molecule has 170 valence electrons. The molecule has 0 saturated carbocycles. The van der Waals surface area contributed by atoms with Gasteiger partial charge in [0.2, 0.25) is 5.90 Å². The highest BCUT2D eigenvalue weighted by molar-refractivity contribution is 9.11. The number of carbonyl (C=O) groups is 2. The van der Waals surface area contributed by atoms with Gasteiger partial charge in [0, 0.05) is 22.7 Å². The number of benzene rings is 3. The summed E-state index contributed by atoms with van der Waals surface area (Å²) in [5.41, 5.74) is 1.04. The van der Waals surface area contributed by atoms with E-state index in [1.54, 1.807) is 42.5 Å². The van der Waals surface area contributed by atoms with Crippen LogP contribution >= 0.6 is 43.5 Å². The minimum absolute atomic E-state index is 0.00575. The number of nitrogens with zero attached hydrogens (tertiary/aromatic N) is 2. The first-order chi connectivity index (χ1) is 16.2. The second-order valence-corrected chi connectivity index (χ2v) is 9.00. The molecule has 8 nitrogen and oxygen atoms in total. The molecule has 0 aliphatic carbocycles. The Morgan fingerprint density at radius 1 is 1.09 bits per heavy atom. The van der Waals surface area contributed by atoms with Crippen molar-refractivity contribution >= 4 is 73.1 Å².